The number of benzene rings is 1. The molecule has 4 nitrogen and oxygen atoms in total. The maximum Gasteiger partial charge on any atom is 0.306 e. The molecule has 0 aliphatic heterocycles. The van der Waals surface area contributed by atoms with Gasteiger partial charge in [0.1, 0.15) is 17.1 Å². The fraction of sp³-hybridized carbons (Fsp3) is 0.385. The van der Waals surface area contributed by atoms with E-state index in [1.807, 2.05) is 0 Å². The molecule has 0 amide bonds. The Morgan fingerprint density at radius 1 is 1.22 bits per heavy atom. The minimum absolute atomic E-state index is 0.346. The van der Waals surface area contributed by atoms with E-state index in [-0.39, 0.29) is 0 Å². The predicted octanol–water partition coefficient (Wildman–Crippen LogP) is 2.65. The molecule has 0 atom stereocenters. The number of rotatable bonds is 2. The Bertz CT molecular complexity index is 697. The molecular weight excluding hydrogens is 252 g/mol. The summed E-state index contributed by atoms with van der Waals surface area (Å²) in [6.45, 7) is 0. The second-order valence-corrected chi connectivity index (χ2v) is 6.23. The zero-order valence-electron chi connectivity index (χ0n) is 10.1. The summed E-state index contributed by atoms with van der Waals surface area (Å²) in [5, 5.41) is 0.978. The SMILES string of the molecule is CS(=O)(=O)Oc1ccc2oc3c(c2c1)CCCC3. The van der Waals surface area contributed by atoms with Gasteiger partial charge in [0.25, 0.3) is 0 Å². The minimum atomic E-state index is -3.48. The Hall–Kier alpha value is -1.49. The van der Waals surface area contributed by atoms with Crippen molar-refractivity contribution in [1.82, 2.24) is 0 Å². The summed E-state index contributed by atoms with van der Waals surface area (Å²) < 4.78 is 32.9. The molecule has 0 unspecified atom stereocenters. The van der Waals surface area contributed by atoms with Gasteiger partial charge in [-0.1, -0.05) is 0 Å². The second kappa shape index (κ2) is 4.02. The van der Waals surface area contributed by atoms with Gasteiger partial charge in [0.05, 0.1) is 6.26 Å². The van der Waals surface area contributed by atoms with Crippen molar-refractivity contribution in [3.05, 3.63) is 29.5 Å². The van der Waals surface area contributed by atoms with Crippen molar-refractivity contribution in [3.63, 3.8) is 0 Å². The lowest BCUT2D eigenvalue weighted by Crippen LogP contribution is -2.05. The van der Waals surface area contributed by atoms with Crippen molar-refractivity contribution in [2.45, 2.75) is 25.7 Å². The van der Waals surface area contributed by atoms with E-state index in [0.29, 0.717) is 5.75 Å². The normalized spacial score (nSPS) is 15.6. The smallest absolute Gasteiger partial charge is 0.306 e. The highest BCUT2D eigenvalue weighted by molar-refractivity contribution is 7.86. The molecule has 0 bridgehead atoms. The van der Waals surface area contributed by atoms with E-state index in [2.05, 4.69) is 0 Å². The van der Waals surface area contributed by atoms with Crippen LogP contribution < -0.4 is 4.18 Å². The van der Waals surface area contributed by atoms with Crippen LogP contribution in [0.15, 0.2) is 22.6 Å². The summed E-state index contributed by atoms with van der Waals surface area (Å²) in [4.78, 5) is 0. The van der Waals surface area contributed by atoms with Gasteiger partial charge in [-0.15, -0.1) is 0 Å². The van der Waals surface area contributed by atoms with E-state index in [1.54, 1.807) is 18.2 Å². The molecule has 0 spiro atoms. The van der Waals surface area contributed by atoms with Crippen molar-refractivity contribution in [3.8, 4) is 5.75 Å². The molecular formula is C13H14O4S. The third-order valence-corrected chi connectivity index (χ3v) is 3.67. The van der Waals surface area contributed by atoms with Crippen molar-refractivity contribution in [1.29, 1.82) is 0 Å². The predicted molar refractivity (Wildman–Crippen MR) is 68.3 cm³/mol. The van der Waals surface area contributed by atoms with E-state index in [9.17, 15) is 8.42 Å². The number of furan rings is 1. The van der Waals surface area contributed by atoms with Crippen molar-refractivity contribution >= 4 is 21.1 Å². The average Bonchev–Trinajstić information content (AvgIpc) is 2.65. The fourth-order valence-electron chi connectivity index (χ4n) is 2.47. The van der Waals surface area contributed by atoms with Crippen LogP contribution in [0.2, 0.25) is 0 Å². The standard InChI is InChI=1S/C13H14O4S/c1-18(14,15)17-9-6-7-13-11(8-9)10-4-2-3-5-12(10)16-13/h6-8H,2-5H2,1H3. The first kappa shape index (κ1) is 11.6. The lowest BCUT2D eigenvalue weighted by Gasteiger charge is -2.08. The molecule has 1 aliphatic carbocycles. The first-order valence-corrected chi connectivity index (χ1v) is 7.78. The topological polar surface area (TPSA) is 56.5 Å². The lowest BCUT2D eigenvalue weighted by molar-refractivity contribution is 0.492. The number of fused-ring (bicyclic) bond motifs is 3. The average molecular weight is 266 g/mol. The fourth-order valence-corrected chi connectivity index (χ4v) is 2.92. The van der Waals surface area contributed by atoms with Crippen LogP contribution in [0.5, 0.6) is 5.75 Å². The van der Waals surface area contributed by atoms with Crippen LogP contribution in [0.4, 0.5) is 0 Å². The second-order valence-electron chi connectivity index (χ2n) is 4.66. The van der Waals surface area contributed by atoms with Crippen LogP contribution in [0, 0.1) is 0 Å². The van der Waals surface area contributed by atoms with Crippen LogP contribution in [0.1, 0.15) is 24.2 Å². The van der Waals surface area contributed by atoms with Gasteiger partial charge in [0.2, 0.25) is 0 Å². The Morgan fingerprint density at radius 2 is 2.00 bits per heavy atom. The van der Waals surface area contributed by atoms with Crippen molar-refractivity contribution in [2.24, 2.45) is 0 Å². The first-order valence-electron chi connectivity index (χ1n) is 5.97. The number of hydrogen-bond acceptors (Lipinski definition) is 4. The van der Waals surface area contributed by atoms with Crippen LogP contribution in [0.25, 0.3) is 11.0 Å². The zero-order chi connectivity index (χ0) is 12.8. The summed E-state index contributed by atoms with van der Waals surface area (Å²) in [5.74, 6) is 1.38. The van der Waals surface area contributed by atoms with Gasteiger partial charge in [-0.2, -0.15) is 8.42 Å². The van der Waals surface area contributed by atoms with E-state index < -0.39 is 10.1 Å². The molecule has 5 heteroatoms. The Labute approximate surface area is 106 Å². The highest BCUT2D eigenvalue weighted by atomic mass is 32.2. The molecule has 0 radical (unpaired) electrons. The molecule has 0 saturated carbocycles. The Morgan fingerprint density at radius 3 is 2.78 bits per heavy atom. The molecule has 3 rings (SSSR count). The van der Waals surface area contributed by atoms with Crippen LogP contribution in [-0.4, -0.2) is 14.7 Å². The molecule has 0 fully saturated rings. The summed E-state index contributed by atoms with van der Waals surface area (Å²) in [5.41, 5.74) is 2.01. The third kappa shape index (κ3) is 2.10. The lowest BCUT2D eigenvalue weighted by atomic mass is 9.96. The zero-order valence-corrected chi connectivity index (χ0v) is 10.9. The van der Waals surface area contributed by atoms with Gasteiger partial charge in [-0.3, -0.25) is 0 Å². The van der Waals surface area contributed by atoms with Gasteiger partial charge in [0.15, 0.2) is 0 Å². The largest absolute Gasteiger partial charge is 0.461 e. The molecule has 1 aromatic carbocycles. The van der Waals surface area contributed by atoms with Crippen LogP contribution in [0.3, 0.4) is 0 Å². The molecule has 1 aliphatic rings. The van der Waals surface area contributed by atoms with E-state index in [4.69, 9.17) is 8.60 Å². The molecule has 2 aromatic rings. The van der Waals surface area contributed by atoms with Crippen LogP contribution >= 0.6 is 0 Å². The molecule has 18 heavy (non-hydrogen) atoms. The van der Waals surface area contributed by atoms with E-state index in [0.717, 1.165) is 48.7 Å². The molecule has 1 heterocycles. The van der Waals surface area contributed by atoms with E-state index in [1.165, 1.54) is 5.56 Å². The van der Waals surface area contributed by atoms with Gasteiger partial charge in [-0.05, 0) is 37.5 Å². The number of hydrogen-bond donors (Lipinski definition) is 0. The molecule has 0 saturated heterocycles. The Balaban J connectivity index is 2.11. The van der Waals surface area contributed by atoms with Gasteiger partial charge in [0, 0.05) is 17.4 Å². The van der Waals surface area contributed by atoms with Gasteiger partial charge >= 0.3 is 10.1 Å². The Kier molecular flexibility index (Phi) is 2.59. The minimum Gasteiger partial charge on any atom is -0.461 e. The van der Waals surface area contributed by atoms with Gasteiger partial charge < -0.3 is 8.60 Å². The first-order chi connectivity index (χ1) is 8.53. The van der Waals surface area contributed by atoms with Crippen LogP contribution in [-0.2, 0) is 23.0 Å². The monoisotopic (exact) mass is 266 g/mol. The third-order valence-electron chi connectivity index (χ3n) is 3.17. The summed E-state index contributed by atoms with van der Waals surface area (Å²) in [7, 11) is -3.48. The molecule has 96 valence electrons. The van der Waals surface area contributed by atoms with Crippen molar-refractivity contribution in [2.75, 3.05) is 6.26 Å². The van der Waals surface area contributed by atoms with E-state index >= 15 is 0 Å². The maximum atomic E-state index is 11.1. The molecule has 1 aromatic heterocycles. The van der Waals surface area contributed by atoms with Crippen molar-refractivity contribution < 1.29 is 17.0 Å². The summed E-state index contributed by atoms with van der Waals surface area (Å²) in [6.07, 6.45) is 5.30. The highest BCUT2D eigenvalue weighted by Crippen LogP contribution is 2.34. The highest BCUT2D eigenvalue weighted by Gasteiger charge is 2.18. The number of aryl methyl sites for hydroxylation is 2. The summed E-state index contributed by atoms with van der Waals surface area (Å²) >= 11 is 0. The summed E-state index contributed by atoms with van der Waals surface area (Å²) in [6, 6.07) is 5.15. The maximum absolute atomic E-state index is 11.1. The molecule has 0 N–H and O–H groups in total. The quantitative estimate of drug-likeness (QED) is 0.784. The van der Waals surface area contributed by atoms with Gasteiger partial charge in [-0.25, -0.2) is 0 Å².